The van der Waals surface area contributed by atoms with Gasteiger partial charge in [-0.15, -0.1) is 0 Å². The summed E-state index contributed by atoms with van der Waals surface area (Å²) in [6, 6.07) is 24.6. The van der Waals surface area contributed by atoms with Crippen LogP contribution in [0.15, 0.2) is 77.3 Å². The van der Waals surface area contributed by atoms with Gasteiger partial charge in [-0.1, -0.05) is 74.2 Å². The number of hydrogen-bond acceptors (Lipinski definition) is 1. The summed E-state index contributed by atoms with van der Waals surface area (Å²) in [4.78, 5) is 0. The summed E-state index contributed by atoms with van der Waals surface area (Å²) in [6.07, 6.45) is 10.3. The fraction of sp³-hybridized carbons (Fsp3) is 0.303. The van der Waals surface area contributed by atoms with Crippen molar-refractivity contribution in [3.8, 4) is 22.4 Å². The summed E-state index contributed by atoms with van der Waals surface area (Å²) in [7, 11) is 2.10. The van der Waals surface area contributed by atoms with E-state index in [0.717, 1.165) is 23.0 Å². The topological polar surface area (TPSA) is 17.0 Å². The smallest absolute Gasteiger partial charge is 0.216 e. The Balaban J connectivity index is 1.37. The van der Waals surface area contributed by atoms with E-state index in [2.05, 4.69) is 91.5 Å². The van der Waals surface area contributed by atoms with Gasteiger partial charge in [0.05, 0.1) is 5.56 Å². The molecule has 0 spiro atoms. The summed E-state index contributed by atoms with van der Waals surface area (Å²) in [5.41, 5.74) is 11.2. The summed E-state index contributed by atoms with van der Waals surface area (Å²) in [5, 5.41) is 2.38. The van der Waals surface area contributed by atoms with Crippen molar-refractivity contribution in [2.45, 2.75) is 45.4 Å². The Morgan fingerprint density at radius 2 is 1.60 bits per heavy atom. The molecule has 0 radical (unpaired) electrons. The summed E-state index contributed by atoms with van der Waals surface area (Å²) in [6.45, 7) is 2.18. The Labute approximate surface area is 207 Å². The van der Waals surface area contributed by atoms with Crippen LogP contribution in [-0.2, 0) is 19.9 Å². The third-order valence-electron chi connectivity index (χ3n) is 8.73. The van der Waals surface area contributed by atoms with Crippen LogP contribution in [0.25, 0.3) is 44.3 Å². The second kappa shape index (κ2) is 8.09. The predicted octanol–water partition coefficient (Wildman–Crippen LogP) is 7.96. The Kier molecular flexibility index (Phi) is 4.84. The predicted molar refractivity (Wildman–Crippen MR) is 143 cm³/mol. The second-order valence-electron chi connectivity index (χ2n) is 10.8. The summed E-state index contributed by atoms with van der Waals surface area (Å²) in [5.74, 6) is 1.78. The molecule has 0 aliphatic heterocycles. The maximum absolute atomic E-state index is 6.77. The van der Waals surface area contributed by atoms with Crippen LogP contribution in [0, 0.1) is 18.8 Å². The molecule has 2 aromatic heterocycles. The van der Waals surface area contributed by atoms with E-state index in [9.17, 15) is 0 Å². The Morgan fingerprint density at radius 3 is 2.46 bits per heavy atom. The molecule has 35 heavy (non-hydrogen) atoms. The van der Waals surface area contributed by atoms with Gasteiger partial charge in [0.2, 0.25) is 5.69 Å². The lowest BCUT2D eigenvalue weighted by Crippen LogP contribution is -2.30. The number of rotatable bonds is 3. The first-order valence-electron chi connectivity index (χ1n) is 13.2. The monoisotopic (exact) mass is 458 g/mol. The van der Waals surface area contributed by atoms with E-state index < -0.39 is 0 Å². The molecule has 2 aliphatic carbocycles. The molecular weight excluding hydrogens is 426 g/mol. The number of hydrogen-bond donors (Lipinski definition) is 0. The van der Waals surface area contributed by atoms with E-state index in [0.29, 0.717) is 0 Å². The highest BCUT2D eigenvalue weighted by molar-refractivity contribution is 6.13. The molecule has 1 saturated carbocycles. The van der Waals surface area contributed by atoms with Gasteiger partial charge >= 0.3 is 0 Å². The number of aryl methyl sites for hydroxylation is 2. The standard InChI is InChI=1S/C33H32NO/c1-21-13-16-29-28-11-7-10-27(32(28)35-33(29)31(21)30-12-5-6-17-34(30)2)24-15-14-23-18-25(20-26(23)19-24)22-8-3-4-9-22/h5-7,10-17,19,22,25H,3-4,8-9,18,20H2,1-2H3/q+1. The van der Waals surface area contributed by atoms with Crippen molar-refractivity contribution >= 4 is 21.9 Å². The highest BCUT2D eigenvalue weighted by atomic mass is 16.3. The number of furan rings is 1. The number of benzene rings is 3. The van der Waals surface area contributed by atoms with Crippen LogP contribution in [0.5, 0.6) is 0 Å². The van der Waals surface area contributed by atoms with Crippen molar-refractivity contribution in [1.82, 2.24) is 0 Å². The second-order valence-corrected chi connectivity index (χ2v) is 10.8. The van der Waals surface area contributed by atoms with Crippen molar-refractivity contribution in [1.29, 1.82) is 0 Å². The van der Waals surface area contributed by atoms with Crippen molar-refractivity contribution < 1.29 is 8.98 Å². The number of para-hydroxylation sites is 1. The minimum absolute atomic E-state index is 0.849. The third kappa shape index (κ3) is 3.34. The van der Waals surface area contributed by atoms with E-state index in [1.807, 2.05) is 0 Å². The lowest BCUT2D eigenvalue weighted by Gasteiger charge is -2.16. The maximum Gasteiger partial charge on any atom is 0.216 e. The zero-order valence-corrected chi connectivity index (χ0v) is 20.7. The average Bonchev–Trinajstić information content (AvgIpc) is 3.62. The van der Waals surface area contributed by atoms with Gasteiger partial charge in [-0.3, -0.25) is 0 Å². The van der Waals surface area contributed by atoms with Crippen molar-refractivity contribution in [2.24, 2.45) is 18.9 Å². The van der Waals surface area contributed by atoms with Gasteiger partial charge in [-0.05, 0) is 59.9 Å². The van der Waals surface area contributed by atoms with Crippen molar-refractivity contribution in [3.63, 3.8) is 0 Å². The molecule has 0 bridgehead atoms. The van der Waals surface area contributed by atoms with Gasteiger partial charge < -0.3 is 4.42 Å². The molecular formula is C33H32NO+. The van der Waals surface area contributed by atoms with Crippen LogP contribution in [0.1, 0.15) is 42.4 Å². The van der Waals surface area contributed by atoms with Gasteiger partial charge in [0.1, 0.15) is 18.2 Å². The van der Waals surface area contributed by atoms with E-state index in [4.69, 9.17) is 4.42 Å². The molecule has 7 rings (SSSR count). The average molecular weight is 459 g/mol. The van der Waals surface area contributed by atoms with Gasteiger partial charge in [0.25, 0.3) is 0 Å². The molecule has 5 aromatic rings. The van der Waals surface area contributed by atoms with E-state index in [1.54, 1.807) is 11.1 Å². The van der Waals surface area contributed by atoms with Crippen LogP contribution in [0.4, 0.5) is 0 Å². The molecule has 2 heterocycles. The van der Waals surface area contributed by atoms with Gasteiger partial charge in [0.15, 0.2) is 6.20 Å². The van der Waals surface area contributed by atoms with Gasteiger partial charge in [-0.2, -0.15) is 0 Å². The van der Waals surface area contributed by atoms with E-state index >= 15 is 0 Å². The third-order valence-corrected chi connectivity index (χ3v) is 8.73. The molecule has 1 atom stereocenters. The molecule has 3 aromatic carbocycles. The van der Waals surface area contributed by atoms with Crippen LogP contribution < -0.4 is 4.57 Å². The van der Waals surface area contributed by atoms with Crippen LogP contribution in [0.3, 0.4) is 0 Å². The highest BCUT2D eigenvalue weighted by Gasteiger charge is 2.31. The van der Waals surface area contributed by atoms with E-state index in [-0.39, 0.29) is 0 Å². The number of pyridine rings is 1. The molecule has 1 fully saturated rings. The quantitative estimate of drug-likeness (QED) is 0.251. The highest BCUT2D eigenvalue weighted by Crippen LogP contribution is 2.43. The SMILES string of the molecule is Cc1ccc2c(oc3c(-c4ccc5c(c4)CC(C4CCCC4)C5)cccc32)c1-c1cccc[n+]1C. The van der Waals surface area contributed by atoms with Gasteiger partial charge in [0, 0.05) is 28.5 Å². The fourth-order valence-electron chi connectivity index (χ4n) is 6.87. The molecule has 0 amide bonds. The van der Waals surface area contributed by atoms with Crippen LogP contribution in [-0.4, -0.2) is 0 Å². The zero-order chi connectivity index (χ0) is 23.5. The first-order valence-corrected chi connectivity index (χ1v) is 13.2. The molecule has 1 unspecified atom stereocenters. The summed E-state index contributed by atoms with van der Waals surface area (Å²) >= 11 is 0. The van der Waals surface area contributed by atoms with Crippen molar-refractivity contribution in [2.75, 3.05) is 0 Å². The minimum Gasteiger partial charge on any atom is -0.454 e. The lowest BCUT2D eigenvalue weighted by atomic mass is 9.88. The number of aromatic nitrogens is 1. The maximum atomic E-state index is 6.77. The van der Waals surface area contributed by atoms with Crippen molar-refractivity contribution in [3.05, 3.63) is 89.6 Å². The first kappa shape index (κ1) is 20.9. The van der Waals surface area contributed by atoms with Crippen LogP contribution >= 0.6 is 0 Å². The first-order chi connectivity index (χ1) is 17.2. The molecule has 2 nitrogen and oxygen atoms in total. The Bertz CT molecular complexity index is 1580. The van der Waals surface area contributed by atoms with Gasteiger partial charge in [-0.25, -0.2) is 4.57 Å². The molecule has 2 heteroatoms. The minimum atomic E-state index is 0.849. The van der Waals surface area contributed by atoms with E-state index in [1.165, 1.54) is 77.2 Å². The Hall–Kier alpha value is -3.39. The zero-order valence-electron chi connectivity index (χ0n) is 20.7. The lowest BCUT2D eigenvalue weighted by molar-refractivity contribution is -0.660. The normalized spacial score (nSPS) is 18.1. The largest absolute Gasteiger partial charge is 0.454 e. The Morgan fingerprint density at radius 1 is 0.771 bits per heavy atom. The summed E-state index contributed by atoms with van der Waals surface area (Å²) < 4.78 is 8.95. The molecule has 2 aliphatic rings. The van der Waals surface area contributed by atoms with Crippen LogP contribution in [0.2, 0.25) is 0 Å². The number of fused-ring (bicyclic) bond motifs is 4. The number of nitrogens with zero attached hydrogens (tertiary/aromatic N) is 1. The molecule has 174 valence electrons. The molecule has 0 N–H and O–H groups in total. The molecule has 0 saturated heterocycles. The fourth-order valence-corrected chi connectivity index (χ4v) is 6.87.